The van der Waals surface area contributed by atoms with Crippen molar-refractivity contribution in [1.82, 2.24) is 5.32 Å². The molecule has 0 heterocycles. The van der Waals surface area contributed by atoms with Gasteiger partial charge in [-0.2, -0.15) is 0 Å². The topological polar surface area (TPSA) is 156 Å². The molecule has 0 aliphatic heterocycles. The minimum Gasteiger partial charge on any atom is -0.505 e. The first-order chi connectivity index (χ1) is 18.3. The third-order valence-corrected chi connectivity index (χ3v) is 5.59. The molecule has 0 aliphatic carbocycles. The summed E-state index contributed by atoms with van der Waals surface area (Å²) in [7, 11) is 1.45. The molecular weight excluding hydrogens is 490 g/mol. The maximum atomic E-state index is 13.1. The number of carbonyl (C=O) groups excluding carboxylic acids is 2. The summed E-state index contributed by atoms with van der Waals surface area (Å²) >= 11 is 0. The number of fused-ring (bicyclic) bond motifs is 1. The smallest absolute Gasteiger partial charge is 0.271 e. The Kier molecular flexibility index (Phi) is 7.57. The number of carbonyl (C=O) groups is 2. The molecular formula is C27H23N5O6. The summed E-state index contributed by atoms with van der Waals surface area (Å²) in [6, 6.07) is 18.6. The highest BCUT2D eigenvalue weighted by Crippen LogP contribution is 2.40. The quantitative estimate of drug-likeness (QED) is 0.152. The number of nitrogens with zero attached hydrogens (tertiary/aromatic N) is 3. The predicted molar refractivity (Wildman–Crippen MR) is 142 cm³/mol. The first kappa shape index (κ1) is 25.8. The Morgan fingerprint density at radius 1 is 1.00 bits per heavy atom. The van der Waals surface area contributed by atoms with Crippen molar-refractivity contribution in [3.8, 4) is 11.5 Å². The van der Waals surface area contributed by atoms with Gasteiger partial charge in [-0.1, -0.05) is 30.3 Å². The van der Waals surface area contributed by atoms with E-state index < -0.39 is 16.6 Å². The summed E-state index contributed by atoms with van der Waals surface area (Å²) in [5.74, 6) is -1.07. The number of phenols is 1. The van der Waals surface area contributed by atoms with E-state index in [9.17, 15) is 24.8 Å². The molecule has 0 bridgehead atoms. The Bertz CT molecular complexity index is 1580. The Morgan fingerprint density at radius 3 is 2.53 bits per heavy atom. The summed E-state index contributed by atoms with van der Waals surface area (Å²) in [6.45, 7) is 2.25. The van der Waals surface area contributed by atoms with Crippen LogP contribution < -0.4 is 15.4 Å². The highest BCUT2D eigenvalue weighted by atomic mass is 16.6. The molecule has 0 aromatic heterocycles. The van der Waals surface area contributed by atoms with Crippen molar-refractivity contribution >= 4 is 45.3 Å². The van der Waals surface area contributed by atoms with Gasteiger partial charge in [-0.15, -0.1) is 10.2 Å². The van der Waals surface area contributed by atoms with Crippen LogP contribution in [0.4, 0.5) is 22.7 Å². The van der Waals surface area contributed by atoms with Gasteiger partial charge < -0.3 is 20.5 Å². The van der Waals surface area contributed by atoms with Crippen molar-refractivity contribution in [3.05, 3.63) is 94.0 Å². The van der Waals surface area contributed by atoms with Crippen molar-refractivity contribution in [2.24, 2.45) is 10.2 Å². The van der Waals surface area contributed by atoms with Crippen LogP contribution in [0.15, 0.2) is 83.0 Å². The number of phenolic OH excluding ortho intramolecular Hbond substituents is 1. The number of nitro benzene ring substituents is 1. The van der Waals surface area contributed by atoms with Crippen LogP contribution in [0.5, 0.6) is 11.5 Å². The van der Waals surface area contributed by atoms with Gasteiger partial charge in [-0.05, 0) is 42.6 Å². The highest BCUT2D eigenvalue weighted by Gasteiger charge is 2.20. The Hall–Kier alpha value is -5.32. The van der Waals surface area contributed by atoms with E-state index in [1.54, 1.807) is 43.3 Å². The minimum atomic E-state index is -0.694. The van der Waals surface area contributed by atoms with Crippen molar-refractivity contribution < 1.29 is 24.4 Å². The first-order valence-electron chi connectivity index (χ1n) is 11.5. The second-order valence-electron chi connectivity index (χ2n) is 8.05. The van der Waals surface area contributed by atoms with Gasteiger partial charge in [0.2, 0.25) is 0 Å². The van der Waals surface area contributed by atoms with Crippen molar-refractivity contribution in [2.45, 2.75) is 6.92 Å². The molecule has 3 N–H and O–H groups in total. The molecule has 0 aliphatic rings. The van der Waals surface area contributed by atoms with E-state index in [1.807, 2.05) is 0 Å². The third-order valence-electron chi connectivity index (χ3n) is 5.59. The van der Waals surface area contributed by atoms with E-state index in [1.165, 1.54) is 43.5 Å². The van der Waals surface area contributed by atoms with Crippen molar-refractivity contribution in [1.29, 1.82) is 0 Å². The number of hydrogen-bond donors (Lipinski definition) is 3. The summed E-state index contributed by atoms with van der Waals surface area (Å²) in [5, 5.41) is 37.0. The Labute approximate surface area is 216 Å². The molecule has 11 heteroatoms. The lowest BCUT2D eigenvalue weighted by molar-refractivity contribution is -0.384. The number of aromatic hydroxyl groups is 1. The molecule has 0 fully saturated rings. The van der Waals surface area contributed by atoms with Crippen LogP contribution in [0.3, 0.4) is 0 Å². The lowest BCUT2D eigenvalue weighted by Crippen LogP contribution is -2.22. The molecule has 0 atom stereocenters. The van der Waals surface area contributed by atoms with Crippen LogP contribution in [0.25, 0.3) is 10.8 Å². The molecule has 38 heavy (non-hydrogen) atoms. The SMILES string of the molecule is CCNC(=O)c1ccc(OC)c(/N=N/c2c(O)c(C(=O)Nc3cccc([N+](=O)[O-])c3)cc3ccccc23)c1. The fraction of sp³-hybridized carbons (Fsp3) is 0.111. The monoisotopic (exact) mass is 513 g/mol. The minimum absolute atomic E-state index is 0.0257. The van der Waals surface area contributed by atoms with Gasteiger partial charge in [0.1, 0.15) is 17.1 Å². The zero-order chi connectivity index (χ0) is 27.2. The first-order valence-corrected chi connectivity index (χ1v) is 11.5. The van der Waals surface area contributed by atoms with Crippen molar-refractivity contribution in [2.75, 3.05) is 19.0 Å². The lowest BCUT2D eigenvalue weighted by Gasteiger charge is -2.11. The highest BCUT2D eigenvalue weighted by molar-refractivity contribution is 6.11. The number of non-ortho nitro benzene ring substituents is 1. The number of ether oxygens (including phenoxy) is 1. The molecule has 0 spiro atoms. The van der Waals surface area contributed by atoms with Crippen LogP contribution in [0.2, 0.25) is 0 Å². The van der Waals surface area contributed by atoms with E-state index in [0.29, 0.717) is 28.6 Å². The van der Waals surface area contributed by atoms with Crippen molar-refractivity contribution in [3.63, 3.8) is 0 Å². The normalized spacial score (nSPS) is 10.9. The third kappa shape index (κ3) is 5.41. The molecule has 11 nitrogen and oxygen atoms in total. The molecule has 192 valence electrons. The molecule has 4 rings (SSSR count). The number of amides is 2. The number of nitrogens with one attached hydrogen (secondary N) is 2. The predicted octanol–water partition coefficient (Wildman–Crippen LogP) is 5.88. The number of methoxy groups -OCH3 is 1. The molecule has 0 unspecified atom stereocenters. The van der Waals surface area contributed by atoms with E-state index in [4.69, 9.17) is 4.74 Å². The number of hydrogen-bond acceptors (Lipinski definition) is 8. The van der Waals surface area contributed by atoms with Gasteiger partial charge in [0.25, 0.3) is 17.5 Å². The average molecular weight is 514 g/mol. The maximum Gasteiger partial charge on any atom is 0.271 e. The van der Waals surface area contributed by atoms with Gasteiger partial charge >= 0.3 is 0 Å². The second kappa shape index (κ2) is 11.2. The number of rotatable bonds is 8. The lowest BCUT2D eigenvalue weighted by atomic mass is 10.0. The van der Waals surface area contributed by atoms with Crippen LogP contribution in [0, 0.1) is 10.1 Å². The average Bonchev–Trinajstić information content (AvgIpc) is 2.92. The van der Waals surface area contributed by atoms with Crippen LogP contribution in [0.1, 0.15) is 27.6 Å². The summed E-state index contributed by atoms with van der Waals surface area (Å²) in [5.41, 5.74) is 0.507. The zero-order valence-electron chi connectivity index (χ0n) is 20.5. The van der Waals surface area contributed by atoms with Crippen LogP contribution in [-0.2, 0) is 0 Å². The molecule has 0 saturated carbocycles. The van der Waals surface area contributed by atoms with Gasteiger partial charge in [0.15, 0.2) is 5.75 Å². The largest absolute Gasteiger partial charge is 0.505 e. The molecule has 0 saturated heterocycles. The molecule has 2 amide bonds. The maximum absolute atomic E-state index is 13.1. The van der Waals surface area contributed by atoms with E-state index in [-0.39, 0.29) is 34.2 Å². The summed E-state index contributed by atoms with van der Waals surface area (Å²) < 4.78 is 5.34. The second-order valence-corrected chi connectivity index (χ2v) is 8.05. The Morgan fingerprint density at radius 2 is 1.79 bits per heavy atom. The zero-order valence-corrected chi connectivity index (χ0v) is 20.5. The fourth-order valence-electron chi connectivity index (χ4n) is 3.76. The van der Waals surface area contributed by atoms with E-state index in [2.05, 4.69) is 20.9 Å². The standard InChI is InChI=1S/C27H23N5O6/c1-3-28-26(34)17-11-12-23(38-2)22(14-17)30-31-24-20-10-5-4-7-16(20)13-21(25(24)33)27(35)29-18-8-6-9-19(15-18)32(36)37/h4-15,33H,3H2,1-2H3,(H,28,34)(H,29,35)/b31-30+. The van der Waals surface area contributed by atoms with E-state index >= 15 is 0 Å². The number of benzene rings is 4. The van der Waals surface area contributed by atoms with Gasteiger partial charge in [-0.3, -0.25) is 19.7 Å². The summed E-state index contributed by atoms with van der Waals surface area (Å²) in [6.07, 6.45) is 0. The van der Waals surface area contributed by atoms with E-state index in [0.717, 1.165) is 0 Å². The van der Waals surface area contributed by atoms with Gasteiger partial charge in [0.05, 0.1) is 17.6 Å². The summed E-state index contributed by atoms with van der Waals surface area (Å²) in [4.78, 5) is 35.9. The number of anilines is 1. The number of nitro groups is 1. The fourth-order valence-corrected chi connectivity index (χ4v) is 3.76. The Balaban J connectivity index is 1.76. The molecule has 4 aromatic carbocycles. The number of azo groups is 1. The van der Waals surface area contributed by atoms with Crippen LogP contribution in [-0.4, -0.2) is 35.5 Å². The van der Waals surface area contributed by atoms with Gasteiger partial charge in [-0.25, -0.2) is 0 Å². The molecule has 0 radical (unpaired) electrons. The molecule has 4 aromatic rings. The van der Waals surface area contributed by atoms with Crippen LogP contribution >= 0.6 is 0 Å². The van der Waals surface area contributed by atoms with Gasteiger partial charge in [0, 0.05) is 35.3 Å².